The first-order chi connectivity index (χ1) is 14.7. The highest BCUT2D eigenvalue weighted by molar-refractivity contribution is 5.97. The summed E-state index contributed by atoms with van der Waals surface area (Å²) in [5.41, 5.74) is -2.58. The molecule has 0 saturated carbocycles. The number of nitriles is 3. The van der Waals surface area contributed by atoms with Gasteiger partial charge in [-0.2, -0.15) is 15.8 Å². The lowest BCUT2D eigenvalue weighted by molar-refractivity contribution is -0.138. The number of carbonyl (C=O) groups is 3. The molecule has 0 bridgehead atoms. The quantitative estimate of drug-likeness (QED) is 0.469. The zero-order chi connectivity index (χ0) is 23.1. The van der Waals surface area contributed by atoms with Crippen LogP contribution in [0.3, 0.4) is 0 Å². The van der Waals surface area contributed by atoms with Crippen molar-refractivity contribution in [3.05, 3.63) is 51.3 Å². The maximum atomic E-state index is 13.0. The molecule has 0 atom stereocenters. The van der Waals surface area contributed by atoms with Gasteiger partial charge in [-0.05, 0) is 24.3 Å². The lowest BCUT2D eigenvalue weighted by Gasteiger charge is -2.05. The smallest absolute Gasteiger partial charge is 0.335 e. The van der Waals surface area contributed by atoms with E-state index in [1.807, 2.05) is 0 Å². The second-order valence-corrected chi connectivity index (χ2v) is 5.88. The summed E-state index contributed by atoms with van der Waals surface area (Å²) in [7, 11) is 0. The number of carbonyl (C=O) groups excluding carboxylic acids is 1. The standard InChI is InChI=1S/C19H12N6O6/c20-7-11(8-21)13(9-22)16-17(23-14(26)5-6-15(27)28)24-25(18(16)29)12-3-1-10(2-4-12)19(30)31/h1-4,24H,5-6H2,(H,23,26)(H,27,28)(H,30,31). The fourth-order valence-electron chi connectivity index (χ4n) is 2.49. The molecular weight excluding hydrogens is 408 g/mol. The maximum Gasteiger partial charge on any atom is 0.335 e. The normalized spacial score (nSPS) is 9.58. The molecular formula is C19H12N6O6. The van der Waals surface area contributed by atoms with E-state index in [0.717, 1.165) is 4.68 Å². The van der Waals surface area contributed by atoms with Crippen LogP contribution in [0.25, 0.3) is 11.3 Å². The van der Waals surface area contributed by atoms with Crippen molar-refractivity contribution >= 4 is 29.2 Å². The van der Waals surface area contributed by atoms with Crippen LogP contribution in [0.2, 0.25) is 0 Å². The van der Waals surface area contributed by atoms with Crippen molar-refractivity contribution in [2.24, 2.45) is 0 Å². The predicted octanol–water partition coefficient (Wildman–Crippen LogP) is 0.991. The minimum absolute atomic E-state index is 0.0559. The van der Waals surface area contributed by atoms with Gasteiger partial charge in [-0.3, -0.25) is 19.5 Å². The fourth-order valence-corrected chi connectivity index (χ4v) is 2.49. The molecule has 0 unspecified atom stereocenters. The van der Waals surface area contributed by atoms with Gasteiger partial charge in [0.25, 0.3) is 5.56 Å². The number of nitrogens with one attached hydrogen (secondary N) is 2. The second kappa shape index (κ2) is 9.37. The van der Waals surface area contributed by atoms with E-state index in [0.29, 0.717) is 0 Å². The molecule has 154 valence electrons. The number of H-pyrrole nitrogens is 1. The number of aliphatic carboxylic acids is 1. The number of hydrogen-bond donors (Lipinski definition) is 4. The Morgan fingerprint density at radius 2 is 1.61 bits per heavy atom. The van der Waals surface area contributed by atoms with Crippen molar-refractivity contribution in [2.75, 3.05) is 5.32 Å². The number of aromatic amines is 1. The van der Waals surface area contributed by atoms with Crippen molar-refractivity contribution in [1.82, 2.24) is 9.78 Å². The van der Waals surface area contributed by atoms with Crippen LogP contribution in [0, 0.1) is 34.0 Å². The summed E-state index contributed by atoms with van der Waals surface area (Å²) in [6.45, 7) is 0. The predicted molar refractivity (Wildman–Crippen MR) is 103 cm³/mol. The topological polar surface area (TPSA) is 213 Å². The van der Waals surface area contributed by atoms with E-state index >= 15 is 0 Å². The minimum atomic E-state index is -1.23. The minimum Gasteiger partial charge on any atom is -0.481 e. The Hall–Kier alpha value is -5.15. The van der Waals surface area contributed by atoms with Crippen molar-refractivity contribution in [1.29, 1.82) is 15.8 Å². The van der Waals surface area contributed by atoms with E-state index in [1.54, 1.807) is 6.07 Å². The third-order valence-electron chi connectivity index (χ3n) is 3.93. The molecule has 2 aromatic rings. The fraction of sp³-hybridized carbons (Fsp3) is 0.105. The molecule has 0 fully saturated rings. The lowest BCUT2D eigenvalue weighted by Crippen LogP contribution is -2.18. The molecule has 4 N–H and O–H groups in total. The summed E-state index contributed by atoms with van der Waals surface area (Å²) in [6.07, 6.45) is -0.935. The molecule has 0 radical (unpaired) electrons. The first-order valence-electron chi connectivity index (χ1n) is 8.38. The summed E-state index contributed by atoms with van der Waals surface area (Å²) >= 11 is 0. The number of hydrogen-bond acceptors (Lipinski definition) is 7. The number of aromatic nitrogens is 2. The molecule has 0 saturated heterocycles. The van der Waals surface area contributed by atoms with Gasteiger partial charge in [0, 0.05) is 6.42 Å². The van der Waals surface area contributed by atoms with E-state index in [2.05, 4.69) is 10.4 Å². The summed E-state index contributed by atoms with van der Waals surface area (Å²) in [5, 5.41) is 50.1. The van der Waals surface area contributed by atoms with Crippen molar-refractivity contribution in [3.63, 3.8) is 0 Å². The molecule has 1 aromatic carbocycles. The average Bonchev–Trinajstić information content (AvgIpc) is 3.06. The Balaban J connectivity index is 2.67. The van der Waals surface area contributed by atoms with Crippen LogP contribution in [0.1, 0.15) is 28.8 Å². The monoisotopic (exact) mass is 420 g/mol. The number of nitrogens with zero attached hydrogens (tertiary/aromatic N) is 4. The van der Waals surface area contributed by atoms with Crippen molar-refractivity contribution in [3.8, 4) is 23.9 Å². The van der Waals surface area contributed by atoms with Crippen LogP contribution >= 0.6 is 0 Å². The van der Waals surface area contributed by atoms with Crippen LogP contribution in [-0.2, 0) is 9.59 Å². The number of amides is 1. The Morgan fingerprint density at radius 3 is 2.10 bits per heavy atom. The summed E-state index contributed by atoms with van der Waals surface area (Å²) in [6, 6.07) is 9.58. The van der Waals surface area contributed by atoms with Crippen LogP contribution in [0.5, 0.6) is 0 Å². The number of carboxylic acids is 2. The van der Waals surface area contributed by atoms with Crippen LogP contribution in [-0.4, -0.2) is 37.8 Å². The van der Waals surface area contributed by atoms with Gasteiger partial charge < -0.3 is 15.5 Å². The summed E-state index contributed by atoms with van der Waals surface area (Å²) in [4.78, 5) is 46.7. The number of allylic oxidation sites excluding steroid dienone is 2. The first kappa shape index (κ1) is 22.1. The highest BCUT2D eigenvalue weighted by Crippen LogP contribution is 2.23. The number of rotatable bonds is 7. The molecule has 1 heterocycles. The average molecular weight is 420 g/mol. The number of anilines is 1. The van der Waals surface area contributed by atoms with Gasteiger partial charge in [0.2, 0.25) is 5.91 Å². The molecule has 12 nitrogen and oxygen atoms in total. The van der Waals surface area contributed by atoms with Crippen LogP contribution < -0.4 is 10.9 Å². The third kappa shape index (κ3) is 4.83. The van der Waals surface area contributed by atoms with E-state index < -0.39 is 53.0 Å². The maximum absolute atomic E-state index is 13.0. The zero-order valence-electron chi connectivity index (χ0n) is 15.5. The van der Waals surface area contributed by atoms with Gasteiger partial charge >= 0.3 is 11.9 Å². The first-order valence-corrected chi connectivity index (χ1v) is 8.38. The Kier molecular flexibility index (Phi) is 6.69. The van der Waals surface area contributed by atoms with E-state index in [-0.39, 0.29) is 17.1 Å². The summed E-state index contributed by atoms with van der Waals surface area (Å²) < 4.78 is 0.873. The second-order valence-electron chi connectivity index (χ2n) is 5.88. The van der Waals surface area contributed by atoms with Gasteiger partial charge in [-0.25, -0.2) is 9.48 Å². The molecule has 12 heteroatoms. The molecule has 2 rings (SSSR count). The molecule has 31 heavy (non-hydrogen) atoms. The van der Waals surface area contributed by atoms with Crippen LogP contribution in [0.15, 0.2) is 34.6 Å². The van der Waals surface area contributed by atoms with Gasteiger partial charge in [0.1, 0.15) is 35.2 Å². The van der Waals surface area contributed by atoms with Gasteiger partial charge in [0.15, 0.2) is 0 Å². The van der Waals surface area contributed by atoms with E-state index in [9.17, 15) is 24.4 Å². The molecule has 0 aliphatic heterocycles. The van der Waals surface area contributed by atoms with Gasteiger partial charge in [0.05, 0.1) is 23.2 Å². The Morgan fingerprint density at radius 1 is 1.00 bits per heavy atom. The SMILES string of the molecule is N#CC(C#N)=C(C#N)c1c(NC(=O)CCC(=O)O)[nH]n(-c2ccc(C(=O)O)cc2)c1=O. The molecule has 1 aromatic heterocycles. The van der Waals surface area contributed by atoms with Gasteiger partial charge in [-0.1, -0.05) is 0 Å². The zero-order valence-corrected chi connectivity index (χ0v) is 15.5. The largest absolute Gasteiger partial charge is 0.481 e. The van der Waals surface area contributed by atoms with Crippen molar-refractivity contribution in [2.45, 2.75) is 12.8 Å². The molecule has 0 spiro atoms. The molecule has 0 aliphatic rings. The van der Waals surface area contributed by atoms with Gasteiger partial charge in [-0.15, -0.1) is 0 Å². The van der Waals surface area contributed by atoms with E-state index in [1.165, 1.54) is 36.4 Å². The summed E-state index contributed by atoms with van der Waals surface area (Å²) in [5.74, 6) is -3.55. The number of carboxylic acid groups (broad SMARTS) is 2. The van der Waals surface area contributed by atoms with Crippen LogP contribution in [0.4, 0.5) is 5.82 Å². The lowest BCUT2D eigenvalue weighted by atomic mass is 10.0. The van der Waals surface area contributed by atoms with E-state index in [4.69, 9.17) is 20.7 Å². The highest BCUT2D eigenvalue weighted by Gasteiger charge is 2.24. The third-order valence-corrected chi connectivity index (χ3v) is 3.93. The Bertz CT molecular complexity index is 1260. The number of benzene rings is 1. The molecule has 1 amide bonds. The number of aromatic carboxylic acids is 1. The van der Waals surface area contributed by atoms with Crippen molar-refractivity contribution < 1.29 is 24.6 Å². The molecule has 0 aliphatic carbocycles. The highest BCUT2D eigenvalue weighted by atomic mass is 16.4. The Labute approximate surface area is 173 Å².